The predicted molar refractivity (Wildman–Crippen MR) is 50.2 cm³/mol. The molecular formula is C9H17NO3. The van der Waals surface area contributed by atoms with Crippen LogP contribution in [0.25, 0.3) is 0 Å². The molecule has 4 nitrogen and oxygen atoms in total. The van der Waals surface area contributed by atoms with E-state index in [2.05, 4.69) is 11.9 Å². The van der Waals surface area contributed by atoms with Crippen LogP contribution in [0.2, 0.25) is 0 Å². The van der Waals surface area contributed by atoms with Crippen LogP contribution in [-0.4, -0.2) is 32.5 Å². The van der Waals surface area contributed by atoms with Crippen LogP contribution in [-0.2, 0) is 14.3 Å². The van der Waals surface area contributed by atoms with Gasteiger partial charge in [0.1, 0.15) is 0 Å². The van der Waals surface area contributed by atoms with Gasteiger partial charge in [-0.15, -0.1) is 0 Å². The van der Waals surface area contributed by atoms with Gasteiger partial charge in [0.05, 0.1) is 0 Å². The first-order chi connectivity index (χ1) is 6.24. The Morgan fingerprint density at radius 3 is 2.85 bits per heavy atom. The molecule has 0 bridgehead atoms. The maximum atomic E-state index is 10.7. The first kappa shape index (κ1) is 12.1. The number of carbonyl (C=O) groups is 1. The third-order valence-corrected chi connectivity index (χ3v) is 1.48. The second kappa shape index (κ2) is 7.76. The summed E-state index contributed by atoms with van der Waals surface area (Å²) in [5.74, 6) is -0.175. The van der Waals surface area contributed by atoms with Crippen LogP contribution in [0.3, 0.4) is 0 Å². The minimum absolute atomic E-state index is 0.175. The van der Waals surface area contributed by atoms with E-state index in [1.54, 1.807) is 7.11 Å². The first-order valence-corrected chi connectivity index (χ1v) is 4.29. The molecule has 0 aromatic rings. The van der Waals surface area contributed by atoms with Crippen LogP contribution in [0.5, 0.6) is 0 Å². The predicted octanol–water partition coefficient (Wildman–Crippen LogP) is 0.688. The van der Waals surface area contributed by atoms with Gasteiger partial charge in [-0.1, -0.05) is 6.58 Å². The summed E-state index contributed by atoms with van der Waals surface area (Å²) in [7, 11) is 1.58. The zero-order valence-corrected chi connectivity index (χ0v) is 8.21. The number of rotatable bonds is 7. The molecule has 13 heavy (non-hydrogen) atoms. The lowest BCUT2D eigenvalue weighted by molar-refractivity contribution is -0.125. The standard InChI is InChI=1S/C9H17NO3/c1-4-8(11)10-7-6-9(12-3)13-5-2/h4,9H,1,5-7H2,2-3H3,(H,10,11). The normalized spacial score (nSPS) is 12.2. The molecule has 1 amide bonds. The van der Waals surface area contributed by atoms with Crippen LogP contribution in [0.1, 0.15) is 13.3 Å². The molecule has 0 saturated carbocycles. The highest BCUT2D eigenvalue weighted by Crippen LogP contribution is 1.97. The molecule has 0 aromatic carbocycles. The van der Waals surface area contributed by atoms with Gasteiger partial charge in [0.15, 0.2) is 6.29 Å². The summed E-state index contributed by atoms with van der Waals surface area (Å²) in [6.07, 6.45) is 1.64. The van der Waals surface area contributed by atoms with Gasteiger partial charge < -0.3 is 14.8 Å². The zero-order chi connectivity index (χ0) is 10.1. The summed E-state index contributed by atoms with van der Waals surface area (Å²) < 4.78 is 10.2. The van der Waals surface area contributed by atoms with Crippen LogP contribution in [0.15, 0.2) is 12.7 Å². The highest BCUT2D eigenvalue weighted by molar-refractivity contribution is 5.86. The molecule has 0 fully saturated rings. The van der Waals surface area contributed by atoms with Gasteiger partial charge in [-0.05, 0) is 13.0 Å². The van der Waals surface area contributed by atoms with Crippen molar-refractivity contribution in [1.29, 1.82) is 0 Å². The number of methoxy groups -OCH3 is 1. The Balaban J connectivity index is 3.48. The molecule has 0 rings (SSSR count). The smallest absolute Gasteiger partial charge is 0.243 e. The zero-order valence-electron chi connectivity index (χ0n) is 8.21. The van der Waals surface area contributed by atoms with Crippen molar-refractivity contribution in [3.05, 3.63) is 12.7 Å². The Bertz CT molecular complexity index is 159. The topological polar surface area (TPSA) is 47.6 Å². The van der Waals surface area contributed by atoms with E-state index in [1.165, 1.54) is 6.08 Å². The van der Waals surface area contributed by atoms with Gasteiger partial charge in [0, 0.05) is 26.7 Å². The average molecular weight is 187 g/mol. The molecule has 0 aliphatic rings. The highest BCUT2D eigenvalue weighted by atomic mass is 16.7. The summed E-state index contributed by atoms with van der Waals surface area (Å²) >= 11 is 0. The van der Waals surface area contributed by atoms with Gasteiger partial charge in [-0.25, -0.2) is 0 Å². The Hall–Kier alpha value is -0.870. The molecule has 1 N–H and O–H groups in total. The van der Waals surface area contributed by atoms with Gasteiger partial charge in [0.2, 0.25) is 5.91 Å². The quantitative estimate of drug-likeness (QED) is 0.471. The van der Waals surface area contributed by atoms with Crippen LogP contribution in [0.4, 0.5) is 0 Å². The third-order valence-electron chi connectivity index (χ3n) is 1.48. The lowest BCUT2D eigenvalue weighted by Gasteiger charge is -2.14. The van der Waals surface area contributed by atoms with Crippen molar-refractivity contribution < 1.29 is 14.3 Å². The molecule has 0 aliphatic carbocycles. The van der Waals surface area contributed by atoms with Gasteiger partial charge >= 0.3 is 0 Å². The third kappa shape index (κ3) is 6.31. The molecule has 4 heteroatoms. The number of ether oxygens (including phenoxy) is 2. The highest BCUT2D eigenvalue weighted by Gasteiger charge is 2.05. The van der Waals surface area contributed by atoms with E-state index < -0.39 is 0 Å². The Morgan fingerprint density at radius 2 is 2.38 bits per heavy atom. The molecule has 1 atom stereocenters. The van der Waals surface area contributed by atoms with Crippen molar-refractivity contribution in [2.24, 2.45) is 0 Å². The number of hydrogen-bond acceptors (Lipinski definition) is 3. The maximum absolute atomic E-state index is 10.7. The summed E-state index contributed by atoms with van der Waals surface area (Å²) in [5, 5.41) is 2.64. The van der Waals surface area contributed by atoms with Crippen molar-refractivity contribution in [1.82, 2.24) is 5.32 Å². The minimum Gasteiger partial charge on any atom is -0.356 e. The molecule has 0 radical (unpaired) electrons. The largest absolute Gasteiger partial charge is 0.356 e. The SMILES string of the molecule is C=CC(=O)NCCC(OC)OCC. The fourth-order valence-corrected chi connectivity index (χ4v) is 0.841. The molecule has 0 aliphatic heterocycles. The molecule has 0 spiro atoms. The van der Waals surface area contributed by atoms with Gasteiger partial charge in [-0.3, -0.25) is 4.79 Å². The van der Waals surface area contributed by atoms with Crippen LogP contribution in [0, 0.1) is 0 Å². The van der Waals surface area contributed by atoms with Crippen LogP contribution < -0.4 is 5.32 Å². The second-order valence-corrected chi connectivity index (χ2v) is 2.40. The van der Waals surface area contributed by atoms with E-state index in [0.717, 1.165) is 0 Å². The molecule has 0 heterocycles. The number of amides is 1. The fourth-order valence-electron chi connectivity index (χ4n) is 0.841. The van der Waals surface area contributed by atoms with E-state index in [-0.39, 0.29) is 12.2 Å². The van der Waals surface area contributed by atoms with Gasteiger partial charge in [-0.2, -0.15) is 0 Å². The van der Waals surface area contributed by atoms with E-state index >= 15 is 0 Å². The molecule has 1 unspecified atom stereocenters. The van der Waals surface area contributed by atoms with E-state index in [0.29, 0.717) is 19.6 Å². The molecule has 0 aromatic heterocycles. The second-order valence-electron chi connectivity index (χ2n) is 2.40. The monoisotopic (exact) mass is 187 g/mol. The minimum atomic E-state index is -0.241. The summed E-state index contributed by atoms with van der Waals surface area (Å²) in [6.45, 7) is 6.37. The lowest BCUT2D eigenvalue weighted by atomic mass is 10.4. The Morgan fingerprint density at radius 1 is 1.69 bits per heavy atom. The molecule has 0 saturated heterocycles. The lowest BCUT2D eigenvalue weighted by Crippen LogP contribution is -2.27. The Labute approximate surface area is 78.9 Å². The summed E-state index contributed by atoms with van der Waals surface area (Å²) in [5.41, 5.74) is 0. The fraction of sp³-hybridized carbons (Fsp3) is 0.667. The van der Waals surface area contributed by atoms with Crippen molar-refractivity contribution in [2.45, 2.75) is 19.6 Å². The van der Waals surface area contributed by atoms with Gasteiger partial charge in [0.25, 0.3) is 0 Å². The van der Waals surface area contributed by atoms with Crippen molar-refractivity contribution >= 4 is 5.91 Å². The Kier molecular flexibility index (Phi) is 7.24. The summed E-state index contributed by atoms with van der Waals surface area (Å²) in [6, 6.07) is 0. The van der Waals surface area contributed by atoms with Crippen LogP contribution >= 0.6 is 0 Å². The number of carbonyl (C=O) groups excluding carboxylic acids is 1. The number of hydrogen-bond donors (Lipinski definition) is 1. The molecular weight excluding hydrogens is 170 g/mol. The van der Waals surface area contributed by atoms with E-state index in [1.807, 2.05) is 6.92 Å². The average Bonchev–Trinajstić information content (AvgIpc) is 2.16. The number of nitrogens with one attached hydrogen (secondary N) is 1. The first-order valence-electron chi connectivity index (χ1n) is 4.29. The summed E-state index contributed by atoms with van der Waals surface area (Å²) in [4.78, 5) is 10.7. The van der Waals surface area contributed by atoms with E-state index in [9.17, 15) is 4.79 Å². The maximum Gasteiger partial charge on any atom is 0.243 e. The molecule has 76 valence electrons. The van der Waals surface area contributed by atoms with Crippen molar-refractivity contribution in [2.75, 3.05) is 20.3 Å². The van der Waals surface area contributed by atoms with Crippen molar-refractivity contribution in [3.63, 3.8) is 0 Å². The van der Waals surface area contributed by atoms with Crippen molar-refractivity contribution in [3.8, 4) is 0 Å². The van der Waals surface area contributed by atoms with E-state index in [4.69, 9.17) is 9.47 Å².